The predicted molar refractivity (Wildman–Crippen MR) is 104 cm³/mol. The van der Waals surface area contributed by atoms with Gasteiger partial charge in [0.25, 0.3) is 5.91 Å². The van der Waals surface area contributed by atoms with Gasteiger partial charge in [-0.3, -0.25) is 9.69 Å². The van der Waals surface area contributed by atoms with Crippen LogP contribution in [0.25, 0.3) is 0 Å². The Morgan fingerprint density at radius 1 is 1.19 bits per heavy atom. The summed E-state index contributed by atoms with van der Waals surface area (Å²) in [4.78, 5) is 21.7. The molecule has 0 aromatic carbocycles. The van der Waals surface area contributed by atoms with Crippen LogP contribution in [-0.2, 0) is 4.74 Å². The summed E-state index contributed by atoms with van der Waals surface area (Å²) in [6.07, 6.45) is 9.61. The van der Waals surface area contributed by atoms with Crippen LogP contribution in [0.3, 0.4) is 0 Å². The highest BCUT2D eigenvalue weighted by Gasteiger charge is 2.26. The zero-order valence-corrected chi connectivity index (χ0v) is 16.0. The number of ether oxygens (including phenoxy) is 1. The summed E-state index contributed by atoms with van der Waals surface area (Å²) in [7, 11) is 1.63. The molecule has 2 fully saturated rings. The summed E-state index contributed by atoms with van der Waals surface area (Å²) in [5.41, 5.74) is 0.603. The van der Waals surface area contributed by atoms with Gasteiger partial charge in [0.15, 0.2) is 0 Å². The third kappa shape index (κ3) is 5.17. The molecule has 1 N–H and O–H groups in total. The van der Waals surface area contributed by atoms with Gasteiger partial charge in [-0.1, -0.05) is 12.8 Å². The molecule has 1 atom stereocenters. The number of nitrogens with one attached hydrogen (secondary N) is 1. The molecule has 144 valence electrons. The first-order valence-corrected chi connectivity index (χ1v) is 10.00. The lowest BCUT2D eigenvalue weighted by Gasteiger charge is -2.39. The number of amides is 1. The molecule has 0 aliphatic carbocycles. The fraction of sp³-hybridized carbons (Fsp3) is 0.700. The molecule has 3 heterocycles. The maximum Gasteiger partial charge on any atom is 0.252 e. The number of hydrogen-bond acceptors (Lipinski definition) is 5. The monoisotopic (exact) mass is 360 g/mol. The molecule has 1 aromatic rings. The fourth-order valence-corrected chi connectivity index (χ4v) is 4.00. The largest absolute Gasteiger partial charge is 0.383 e. The van der Waals surface area contributed by atoms with Crippen LogP contribution in [0, 0.1) is 0 Å². The average molecular weight is 361 g/mol. The number of carbonyl (C=O) groups excluding carboxylic acids is 1. The Labute approximate surface area is 156 Å². The molecule has 1 unspecified atom stereocenters. The lowest BCUT2D eigenvalue weighted by Crippen LogP contribution is -2.48. The number of likely N-dealkylation sites (tertiary alicyclic amines) is 1. The van der Waals surface area contributed by atoms with E-state index in [0.717, 1.165) is 18.9 Å². The molecule has 0 radical (unpaired) electrons. The second-order valence-electron chi connectivity index (χ2n) is 7.35. The van der Waals surface area contributed by atoms with E-state index in [1.807, 2.05) is 12.1 Å². The van der Waals surface area contributed by atoms with Crippen molar-refractivity contribution in [3.63, 3.8) is 0 Å². The van der Waals surface area contributed by atoms with Gasteiger partial charge in [0.1, 0.15) is 5.82 Å². The Bertz CT molecular complexity index is 555. The van der Waals surface area contributed by atoms with E-state index in [4.69, 9.17) is 4.74 Å². The first-order chi connectivity index (χ1) is 12.8. The van der Waals surface area contributed by atoms with Crippen LogP contribution in [0.15, 0.2) is 18.3 Å². The van der Waals surface area contributed by atoms with Gasteiger partial charge in [-0.15, -0.1) is 0 Å². The second kappa shape index (κ2) is 9.88. The number of pyridine rings is 1. The molecule has 0 saturated carbocycles. The minimum absolute atomic E-state index is 0.0952. The molecule has 2 saturated heterocycles. The summed E-state index contributed by atoms with van der Waals surface area (Å²) < 4.78 is 4.95. The molecule has 3 rings (SSSR count). The molecule has 2 aliphatic heterocycles. The number of nitrogens with zero attached hydrogens (tertiary/aromatic N) is 3. The molecule has 6 nitrogen and oxygen atoms in total. The topological polar surface area (TPSA) is 57.7 Å². The van der Waals surface area contributed by atoms with Crippen molar-refractivity contribution in [2.75, 3.05) is 51.3 Å². The summed E-state index contributed by atoms with van der Waals surface area (Å²) in [6, 6.07) is 4.50. The first kappa shape index (κ1) is 19.1. The maximum atomic E-state index is 12.1. The Morgan fingerprint density at radius 2 is 2.00 bits per heavy atom. The van der Waals surface area contributed by atoms with Crippen molar-refractivity contribution in [1.82, 2.24) is 15.2 Å². The Morgan fingerprint density at radius 3 is 2.69 bits per heavy atom. The Hall–Kier alpha value is -1.66. The standard InChI is InChI=1S/C20H32N4O2/c1-26-14-10-21-20(25)17-8-9-19(22-15-17)24-13-6-7-18(16-24)23-11-4-2-3-5-12-23/h8-9,15,18H,2-7,10-14,16H2,1H3,(H,21,25). The molecular weight excluding hydrogens is 328 g/mol. The van der Waals surface area contributed by atoms with E-state index in [1.54, 1.807) is 13.3 Å². The van der Waals surface area contributed by atoms with Crippen molar-refractivity contribution < 1.29 is 9.53 Å². The predicted octanol–water partition coefficient (Wildman–Crippen LogP) is 2.30. The third-order valence-corrected chi connectivity index (χ3v) is 5.48. The minimum atomic E-state index is -0.0952. The van der Waals surface area contributed by atoms with Gasteiger partial charge in [0, 0.05) is 39.0 Å². The van der Waals surface area contributed by atoms with Crippen molar-refractivity contribution in [2.45, 2.75) is 44.6 Å². The molecule has 0 bridgehead atoms. The minimum Gasteiger partial charge on any atom is -0.383 e. The summed E-state index contributed by atoms with van der Waals surface area (Å²) in [6.45, 7) is 5.62. The van der Waals surface area contributed by atoms with Crippen LogP contribution < -0.4 is 10.2 Å². The van der Waals surface area contributed by atoms with Crippen molar-refractivity contribution in [3.05, 3.63) is 23.9 Å². The van der Waals surface area contributed by atoms with Crippen LogP contribution in [0.4, 0.5) is 5.82 Å². The van der Waals surface area contributed by atoms with E-state index in [1.165, 1.54) is 51.6 Å². The number of aromatic nitrogens is 1. The Kier molecular flexibility index (Phi) is 7.26. The van der Waals surface area contributed by atoms with E-state index in [2.05, 4.69) is 20.1 Å². The van der Waals surface area contributed by atoms with E-state index < -0.39 is 0 Å². The van der Waals surface area contributed by atoms with Gasteiger partial charge in [0.2, 0.25) is 0 Å². The van der Waals surface area contributed by atoms with Gasteiger partial charge < -0.3 is 15.0 Å². The number of piperidine rings is 1. The van der Waals surface area contributed by atoms with E-state index in [-0.39, 0.29) is 5.91 Å². The maximum absolute atomic E-state index is 12.1. The fourth-order valence-electron chi connectivity index (χ4n) is 4.00. The zero-order valence-electron chi connectivity index (χ0n) is 16.0. The number of hydrogen-bond donors (Lipinski definition) is 1. The summed E-state index contributed by atoms with van der Waals surface area (Å²) in [5, 5.41) is 2.83. The van der Waals surface area contributed by atoms with Gasteiger partial charge in [-0.25, -0.2) is 4.98 Å². The zero-order chi connectivity index (χ0) is 18.2. The van der Waals surface area contributed by atoms with Crippen molar-refractivity contribution in [3.8, 4) is 0 Å². The lowest BCUT2D eigenvalue weighted by molar-refractivity contribution is 0.0936. The molecule has 2 aliphatic rings. The van der Waals surface area contributed by atoms with Gasteiger partial charge in [0.05, 0.1) is 12.2 Å². The highest BCUT2D eigenvalue weighted by Crippen LogP contribution is 2.23. The SMILES string of the molecule is COCCNC(=O)c1ccc(N2CCCC(N3CCCCCC3)C2)nc1. The van der Waals surface area contributed by atoms with E-state index >= 15 is 0 Å². The number of carbonyl (C=O) groups is 1. The number of methoxy groups -OCH3 is 1. The highest BCUT2D eigenvalue weighted by atomic mass is 16.5. The van der Waals surface area contributed by atoms with Crippen LogP contribution in [0.5, 0.6) is 0 Å². The van der Waals surface area contributed by atoms with Crippen LogP contribution in [0.1, 0.15) is 48.9 Å². The Balaban J connectivity index is 1.57. The third-order valence-electron chi connectivity index (χ3n) is 5.48. The average Bonchev–Trinajstić information content (AvgIpc) is 2.98. The molecule has 1 amide bonds. The summed E-state index contributed by atoms with van der Waals surface area (Å²) in [5.74, 6) is 0.889. The van der Waals surface area contributed by atoms with Gasteiger partial charge in [-0.05, 0) is 50.9 Å². The van der Waals surface area contributed by atoms with Crippen molar-refractivity contribution in [1.29, 1.82) is 0 Å². The molecule has 6 heteroatoms. The van der Waals surface area contributed by atoms with Crippen LogP contribution in [-0.4, -0.2) is 68.3 Å². The molecule has 1 aromatic heterocycles. The van der Waals surface area contributed by atoms with Crippen LogP contribution in [0.2, 0.25) is 0 Å². The van der Waals surface area contributed by atoms with Crippen molar-refractivity contribution >= 4 is 11.7 Å². The molecule has 26 heavy (non-hydrogen) atoms. The number of anilines is 1. The number of rotatable bonds is 6. The van der Waals surface area contributed by atoms with Gasteiger partial charge >= 0.3 is 0 Å². The lowest BCUT2D eigenvalue weighted by atomic mass is 10.0. The molecular formula is C20H32N4O2. The summed E-state index contributed by atoms with van der Waals surface area (Å²) >= 11 is 0. The quantitative estimate of drug-likeness (QED) is 0.789. The highest BCUT2D eigenvalue weighted by molar-refractivity contribution is 5.94. The van der Waals surface area contributed by atoms with Crippen LogP contribution >= 0.6 is 0 Å². The second-order valence-corrected chi connectivity index (χ2v) is 7.35. The normalized spacial score (nSPS) is 22.0. The van der Waals surface area contributed by atoms with E-state index in [9.17, 15) is 4.79 Å². The van der Waals surface area contributed by atoms with E-state index in [0.29, 0.717) is 24.8 Å². The smallest absolute Gasteiger partial charge is 0.252 e. The van der Waals surface area contributed by atoms with Gasteiger partial charge in [-0.2, -0.15) is 0 Å². The van der Waals surface area contributed by atoms with Crippen molar-refractivity contribution in [2.24, 2.45) is 0 Å². The molecule has 0 spiro atoms. The first-order valence-electron chi connectivity index (χ1n) is 10.00.